The van der Waals surface area contributed by atoms with Crippen molar-refractivity contribution in [3.8, 4) is 5.75 Å². The Morgan fingerprint density at radius 1 is 1.35 bits per heavy atom. The van der Waals surface area contributed by atoms with E-state index in [1.165, 1.54) is 16.7 Å². The zero-order valence-corrected chi connectivity index (χ0v) is 13.3. The highest BCUT2D eigenvalue weighted by Crippen LogP contribution is 2.33. The number of nitrogens with one attached hydrogen (secondary N) is 1. The molecule has 1 aliphatic heterocycles. The highest BCUT2D eigenvalue weighted by molar-refractivity contribution is 5.45. The Kier molecular flexibility index (Phi) is 5.44. The smallest absolute Gasteiger partial charge is 0.124 e. The van der Waals surface area contributed by atoms with Crippen LogP contribution in [0.3, 0.4) is 0 Å². The summed E-state index contributed by atoms with van der Waals surface area (Å²) in [5, 5.41) is 3.49. The third-order valence-electron chi connectivity index (χ3n) is 4.21. The van der Waals surface area contributed by atoms with Crippen molar-refractivity contribution in [1.29, 1.82) is 0 Å². The van der Waals surface area contributed by atoms with Crippen LogP contribution in [0.15, 0.2) is 12.1 Å². The first-order valence-electron chi connectivity index (χ1n) is 7.86. The molecular formula is C17H28N2O. The summed E-state index contributed by atoms with van der Waals surface area (Å²) in [5.41, 5.74) is 4.23. The zero-order valence-electron chi connectivity index (χ0n) is 13.3. The number of nitrogens with zero attached hydrogens (tertiary/aromatic N) is 1. The molecule has 0 bridgehead atoms. The predicted molar refractivity (Wildman–Crippen MR) is 84.4 cm³/mol. The molecule has 112 valence electrons. The third-order valence-corrected chi connectivity index (χ3v) is 4.21. The van der Waals surface area contributed by atoms with Gasteiger partial charge in [-0.25, -0.2) is 0 Å². The molecule has 1 atom stereocenters. The Balaban J connectivity index is 2.27. The van der Waals surface area contributed by atoms with Gasteiger partial charge in [0.15, 0.2) is 0 Å². The van der Waals surface area contributed by atoms with Crippen molar-refractivity contribution < 1.29 is 4.74 Å². The number of hydrogen-bond acceptors (Lipinski definition) is 3. The van der Waals surface area contributed by atoms with Gasteiger partial charge in [0, 0.05) is 24.7 Å². The van der Waals surface area contributed by atoms with E-state index in [0.717, 1.165) is 44.8 Å². The van der Waals surface area contributed by atoms with Crippen LogP contribution < -0.4 is 10.1 Å². The molecule has 0 spiro atoms. The first kappa shape index (κ1) is 15.3. The van der Waals surface area contributed by atoms with Crippen molar-refractivity contribution in [3.63, 3.8) is 0 Å². The van der Waals surface area contributed by atoms with Crippen LogP contribution >= 0.6 is 0 Å². The number of hydrogen-bond donors (Lipinski definition) is 1. The summed E-state index contributed by atoms with van der Waals surface area (Å²) in [6.45, 7) is 10.4. The van der Waals surface area contributed by atoms with Crippen LogP contribution in [0.4, 0.5) is 0 Å². The zero-order chi connectivity index (χ0) is 14.5. The van der Waals surface area contributed by atoms with E-state index in [9.17, 15) is 0 Å². The first-order chi connectivity index (χ1) is 9.67. The third kappa shape index (κ3) is 3.33. The van der Waals surface area contributed by atoms with Gasteiger partial charge in [0.1, 0.15) is 5.75 Å². The highest BCUT2D eigenvalue weighted by Gasteiger charge is 2.22. The Morgan fingerprint density at radius 3 is 2.85 bits per heavy atom. The van der Waals surface area contributed by atoms with Gasteiger partial charge >= 0.3 is 0 Å². The maximum Gasteiger partial charge on any atom is 0.124 e. The highest BCUT2D eigenvalue weighted by atomic mass is 16.5. The molecule has 1 unspecified atom stereocenters. The van der Waals surface area contributed by atoms with Gasteiger partial charge in [-0.2, -0.15) is 0 Å². The Hall–Kier alpha value is -1.06. The lowest BCUT2D eigenvalue weighted by Gasteiger charge is -2.33. The standard InChI is InChI=1S/C17H28N2O/c1-5-8-18-12-15-10-14-7-9-19(4)13(3)16(14)11-17(15)20-6-2/h10-11,13,18H,5-9,12H2,1-4H3. The SMILES string of the molecule is CCCNCc1cc2c(cc1OCC)C(C)N(C)CC2. The van der Waals surface area contributed by atoms with Crippen LogP contribution in [0.2, 0.25) is 0 Å². The largest absolute Gasteiger partial charge is 0.494 e. The van der Waals surface area contributed by atoms with E-state index in [-0.39, 0.29) is 0 Å². The maximum atomic E-state index is 5.86. The van der Waals surface area contributed by atoms with Crippen molar-refractivity contribution in [3.05, 3.63) is 28.8 Å². The fourth-order valence-electron chi connectivity index (χ4n) is 2.85. The van der Waals surface area contributed by atoms with Gasteiger partial charge in [0.05, 0.1) is 6.61 Å². The van der Waals surface area contributed by atoms with Crippen LogP contribution in [0.25, 0.3) is 0 Å². The van der Waals surface area contributed by atoms with Crippen molar-refractivity contribution >= 4 is 0 Å². The lowest BCUT2D eigenvalue weighted by Crippen LogP contribution is -2.30. The van der Waals surface area contributed by atoms with E-state index in [2.05, 4.69) is 50.2 Å². The summed E-state index contributed by atoms with van der Waals surface area (Å²) in [4.78, 5) is 2.41. The molecule has 0 saturated heterocycles. The summed E-state index contributed by atoms with van der Waals surface area (Å²) in [6.07, 6.45) is 2.31. The number of likely N-dealkylation sites (N-methyl/N-ethyl adjacent to an activating group) is 1. The van der Waals surface area contributed by atoms with E-state index >= 15 is 0 Å². The van der Waals surface area contributed by atoms with Crippen LogP contribution in [0, 0.1) is 0 Å². The molecule has 1 aromatic carbocycles. The molecule has 3 heteroatoms. The molecule has 1 heterocycles. The second-order valence-electron chi connectivity index (χ2n) is 5.68. The fourth-order valence-corrected chi connectivity index (χ4v) is 2.85. The molecule has 1 N–H and O–H groups in total. The van der Waals surface area contributed by atoms with Gasteiger partial charge < -0.3 is 10.1 Å². The minimum Gasteiger partial charge on any atom is -0.494 e. The Bertz CT molecular complexity index is 445. The van der Waals surface area contributed by atoms with Crippen molar-refractivity contribution in [2.24, 2.45) is 0 Å². The molecule has 1 aliphatic rings. The van der Waals surface area contributed by atoms with E-state index in [1.807, 2.05) is 0 Å². The average Bonchev–Trinajstić information content (AvgIpc) is 2.45. The van der Waals surface area contributed by atoms with Gasteiger partial charge in [0.25, 0.3) is 0 Å². The topological polar surface area (TPSA) is 24.5 Å². The Labute approximate surface area is 123 Å². The van der Waals surface area contributed by atoms with Crippen molar-refractivity contribution in [2.75, 3.05) is 26.7 Å². The van der Waals surface area contributed by atoms with Gasteiger partial charge in [-0.05, 0) is 57.5 Å². The monoisotopic (exact) mass is 276 g/mol. The van der Waals surface area contributed by atoms with E-state index in [0.29, 0.717) is 6.04 Å². The second-order valence-corrected chi connectivity index (χ2v) is 5.68. The molecular weight excluding hydrogens is 248 g/mol. The molecule has 0 saturated carbocycles. The predicted octanol–water partition coefficient (Wildman–Crippen LogP) is 3.13. The van der Waals surface area contributed by atoms with Gasteiger partial charge in [-0.3, -0.25) is 4.90 Å². The summed E-state index contributed by atoms with van der Waals surface area (Å²) < 4.78 is 5.86. The van der Waals surface area contributed by atoms with Crippen LogP contribution in [0.5, 0.6) is 5.75 Å². The van der Waals surface area contributed by atoms with Gasteiger partial charge in [-0.1, -0.05) is 13.0 Å². The second kappa shape index (κ2) is 7.09. The molecule has 0 aromatic heterocycles. The summed E-state index contributed by atoms with van der Waals surface area (Å²) in [7, 11) is 2.20. The van der Waals surface area contributed by atoms with E-state index < -0.39 is 0 Å². The summed E-state index contributed by atoms with van der Waals surface area (Å²) in [6, 6.07) is 5.10. The first-order valence-corrected chi connectivity index (χ1v) is 7.86. The lowest BCUT2D eigenvalue weighted by molar-refractivity contribution is 0.246. The number of ether oxygens (including phenoxy) is 1. The fraction of sp³-hybridized carbons (Fsp3) is 0.647. The van der Waals surface area contributed by atoms with Gasteiger partial charge in [-0.15, -0.1) is 0 Å². The van der Waals surface area contributed by atoms with Crippen LogP contribution in [-0.4, -0.2) is 31.6 Å². The molecule has 20 heavy (non-hydrogen) atoms. The molecule has 0 amide bonds. The summed E-state index contributed by atoms with van der Waals surface area (Å²) in [5.74, 6) is 1.05. The number of rotatable bonds is 6. The van der Waals surface area contributed by atoms with Crippen molar-refractivity contribution in [2.45, 2.75) is 46.2 Å². The maximum absolute atomic E-state index is 5.86. The average molecular weight is 276 g/mol. The van der Waals surface area contributed by atoms with Gasteiger partial charge in [0.2, 0.25) is 0 Å². The molecule has 2 rings (SSSR count). The number of benzene rings is 1. The van der Waals surface area contributed by atoms with E-state index in [4.69, 9.17) is 4.74 Å². The number of fused-ring (bicyclic) bond motifs is 1. The lowest BCUT2D eigenvalue weighted by atomic mass is 9.91. The van der Waals surface area contributed by atoms with Crippen LogP contribution in [0.1, 0.15) is 49.9 Å². The minimum atomic E-state index is 0.482. The normalized spacial score (nSPS) is 18.9. The summed E-state index contributed by atoms with van der Waals surface area (Å²) >= 11 is 0. The molecule has 0 radical (unpaired) electrons. The van der Waals surface area contributed by atoms with Crippen LogP contribution in [-0.2, 0) is 13.0 Å². The molecule has 0 aliphatic carbocycles. The quantitative estimate of drug-likeness (QED) is 0.808. The Morgan fingerprint density at radius 2 is 2.15 bits per heavy atom. The molecule has 1 aromatic rings. The van der Waals surface area contributed by atoms with Crippen molar-refractivity contribution in [1.82, 2.24) is 10.2 Å². The minimum absolute atomic E-state index is 0.482. The van der Waals surface area contributed by atoms with E-state index in [1.54, 1.807) is 0 Å². The molecule has 0 fully saturated rings. The molecule has 3 nitrogen and oxygen atoms in total.